The van der Waals surface area contributed by atoms with E-state index in [1.54, 1.807) is 0 Å². The van der Waals surface area contributed by atoms with E-state index in [4.69, 9.17) is 0 Å². The summed E-state index contributed by atoms with van der Waals surface area (Å²) in [6, 6.07) is 86.5. The van der Waals surface area contributed by atoms with Crippen LogP contribution in [0.2, 0.25) is 0 Å². The Morgan fingerprint density at radius 3 is 1.53 bits per heavy atom. The molecule has 3 heterocycles. The summed E-state index contributed by atoms with van der Waals surface area (Å²) >= 11 is 1.88. The van der Waals surface area contributed by atoms with E-state index in [1.807, 2.05) is 11.3 Å². The zero-order valence-corrected chi connectivity index (χ0v) is 35.6. The molecule has 0 saturated heterocycles. The maximum Gasteiger partial charge on any atom is 0.0561 e. The highest BCUT2D eigenvalue weighted by Gasteiger charge is 2.21. The number of hydrogen-bond donors (Lipinski definition) is 0. The van der Waals surface area contributed by atoms with Crippen LogP contribution in [0, 0.1) is 0 Å². The van der Waals surface area contributed by atoms with Crippen molar-refractivity contribution in [1.82, 2.24) is 9.13 Å². The number of rotatable bonds is 7. The summed E-state index contributed by atoms with van der Waals surface area (Å²) in [6.07, 6.45) is 0. The van der Waals surface area contributed by atoms with Crippen molar-refractivity contribution in [3.05, 3.63) is 237 Å². The van der Waals surface area contributed by atoms with Crippen molar-refractivity contribution in [2.24, 2.45) is 0 Å². The van der Waals surface area contributed by atoms with Gasteiger partial charge >= 0.3 is 0 Å². The summed E-state index contributed by atoms with van der Waals surface area (Å²) in [5.41, 5.74) is 15.2. The Kier molecular flexibility index (Phi) is 8.40. The van der Waals surface area contributed by atoms with Crippen LogP contribution in [0.1, 0.15) is 0 Å². The maximum atomic E-state index is 2.45. The van der Waals surface area contributed by atoms with Gasteiger partial charge in [0.25, 0.3) is 0 Å². The number of nitrogens with zero attached hydrogens (tertiary/aromatic N) is 3. The van der Waals surface area contributed by atoms with Crippen LogP contribution in [0.4, 0.5) is 17.1 Å². The third-order valence-electron chi connectivity index (χ3n) is 12.9. The van der Waals surface area contributed by atoms with Gasteiger partial charge in [-0.15, -0.1) is 11.3 Å². The molecule has 10 aromatic carbocycles. The lowest BCUT2D eigenvalue weighted by atomic mass is 10.00. The fraction of sp³-hybridized carbons (Fsp3) is 0. The van der Waals surface area contributed by atoms with E-state index in [9.17, 15) is 0 Å². The van der Waals surface area contributed by atoms with Gasteiger partial charge in [0.2, 0.25) is 0 Å². The van der Waals surface area contributed by atoms with E-state index in [0.717, 1.165) is 28.4 Å². The Morgan fingerprint density at radius 2 is 0.828 bits per heavy atom. The van der Waals surface area contributed by atoms with Crippen molar-refractivity contribution in [3.63, 3.8) is 0 Å². The largest absolute Gasteiger partial charge is 0.310 e. The third kappa shape index (κ3) is 5.81. The van der Waals surface area contributed by atoms with Gasteiger partial charge in [-0.25, -0.2) is 0 Å². The molecule has 0 spiro atoms. The van der Waals surface area contributed by atoms with Crippen molar-refractivity contribution >= 4 is 92.2 Å². The molecule has 0 aliphatic carbocycles. The minimum atomic E-state index is 1.09. The zero-order chi connectivity index (χ0) is 42.1. The number of fused-ring (bicyclic) bond motifs is 9. The van der Waals surface area contributed by atoms with Crippen LogP contribution in [0.5, 0.6) is 0 Å². The molecule has 0 aliphatic rings. The third-order valence-corrected chi connectivity index (χ3v) is 14.1. The average molecular weight is 834 g/mol. The molecule has 0 bridgehead atoms. The Balaban J connectivity index is 1.02. The first-order valence-electron chi connectivity index (χ1n) is 21.8. The van der Waals surface area contributed by atoms with Crippen molar-refractivity contribution in [2.45, 2.75) is 0 Å². The molecule has 0 amide bonds. The standard InChI is InChI=1S/C60H39N3S/c1-4-16-41(17-5-1)52-37-47(38-54-51-24-12-15-27-59(51)64-60(52)54)61(46-33-34-50-48-22-10-13-25-55(48)63(58(50)39-46)44-20-8-3-9-21-44)45-31-28-40(29-32-45)42-30-35-57-53(36-42)49-23-11-14-26-56(49)62(57)43-18-6-2-7-19-43/h1-39H. The molecule has 0 fully saturated rings. The summed E-state index contributed by atoms with van der Waals surface area (Å²) in [5, 5.41) is 7.51. The quantitative estimate of drug-likeness (QED) is 0.156. The molecule has 0 radical (unpaired) electrons. The molecule has 13 aromatic rings. The molecule has 4 heteroatoms. The first-order chi connectivity index (χ1) is 31.7. The minimum Gasteiger partial charge on any atom is -0.310 e. The highest BCUT2D eigenvalue weighted by Crippen LogP contribution is 2.47. The topological polar surface area (TPSA) is 13.1 Å². The molecule has 0 N–H and O–H groups in total. The summed E-state index contributed by atoms with van der Waals surface area (Å²) in [6.45, 7) is 0. The van der Waals surface area contributed by atoms with Crippen LogP contribution in [0.25, 0.3) is 97.4 Å². The van der Waals surface area contributed by atoms with Gasteiger partial charge in [0, 0.05) is 75.7 Å². The molecule has 0 saturated carbocycles. The van der Waals surface area contributed by atoms with E-state index < -0.39 is 0 Å². The molecular weight excluding hydrogens is 795 g/mol. The van der Waals surface area contributed by atoms with Gasteiger partial charge in [-0.1, -0.05) is 146 Å². The highest BCUT2D eigenvalue weighted by atomic mass is 32.1. The smallest absolute Gasteiger partial charge is 0.0561 e. The number of thiophene rings is 1. The average Bonchev–Trinajstić information content (AvgIpc) is 4.02. The first kappa shape index (κ1) is 36.5. The van der Waals surface area contributed by atoms with Crippen LogP contribution in [0.3, 0.4) is 0 Å². The maximum absolute atomic E-state index is 2.45. The fourth-order valence-corrected chi connectivity index (χ4v) is 11.2. The molecule has 0 unspecified atom stereocenters. The monoisotopic (exact) mass is 833 g/mol. The van der Waals surface area contributed by atoms with Crippen LogP contribution in [-0.2, 0) is 0 Å². The Bertz CT molecular complexity index is 3880. The van der Waals surface area contributed by atoms with Gasteiger partial charge in [0.15, 0.2) is 0 Å². The Labute approximate surface area is 374 Å². The Morgan fingerprint density at radius 1 is 0.297 bits per heavy atom. The van der Waals surface area contributed by atoms with Crippen molar-refractivity contribution in [2.75, 3.05) is 4.90 Å². The minimum absolute atomic E-state index is 1.09. The first-order valence-corrected chi connectivity index (χ1v) is 22.7. The van der Waals surface area contributed by atoms with Gasteiger partial charge in [0.05, 0.1) is 22.1 Å². The predicted molar refractivity (Wildman–Crippen MR) is 274 cm³/mol. The molecule has 64 heavy (non-hydrogen) atoms. The number of benzene rings is 10. The molecule has 13 rings (SSSR count). The van der Waals surface area contributed by atoms with E-state index in [-0.39, 0.29) is 0 Å². The molecule has 300 valence electrons. The summed E-state index contributed by atoms with van der Waals surface area (Å²) < 4.78 is 7.38. The lowest BCUT2D eigenvalue weighted by molar-refractivity contribution is 1.18. The Hall–Kier alpha value is -8.18. The van der Waals surface area contributed by atoms with E-state index in [0.29, 0.717) is 0 Å². The van der Waals surface area contributed by atoms with Crippen LogP contribution in [-0.4, -0.2) is 9.13 Å². The van der Waals surface area contributed by atoms with Crippen molar-refractivity contribution in [3.8, 4) is 33.6 Å². The van der Waals surface area contributed by atoms with E-state index in [1.165, 1.54) is 86.0 Å². The molecule has 3 nitrogen and oxygen atoms in total. The van der Waals surface area contributed by atoms with Crippen molar-refractivity contribution in [1.29, 1.82) is 0 Å². The number of para-hydroxylation sites is 4. The fourth-order valence-electron chi connectivity index (χ4n) is 9.98. The summed E-state index contributed by atoms with van der Waals surface area (Å²) in [7, 11) is 0. The zero-order valence-electron chi connectivity index (χ0n) is 34.8. The van der Waals surface area contributed by atoms with Gasteiger partial charge in [-0.3, -0.25) is 0 Å². The van der Waals surface area contributed by atoms with Gasteiger partial charge in [0.1, 0.15) is 0 Å². The predicted octanol–water partition coefficient (Wildman–Crippen LogP) is 17.1. The second kappa shape index (κ2) is 14.7. The van der Waals surface area contributed by atoms with E-state index in [2.05, 4.69) is 251 Å². The lowest BCUT2D eigenvalue weighted by Crippen LogP contribution is -2.10. The van der Waals surface area contributed by atoms with Crippen molar-refractivity contribution < 1.29 is 0 Å². The van der Waals surface area contributed by atoms with E-state index >= 15 is 0 Å². The number of aromatic nitrogens is 2. The molecular formula is C60H39N3S. The number of anilines is 3. The van der Waals surface area contributed by atoms with Gasteiger partial charge in [-0.2, -0.15) is 0 Å². The number of hydrogen-bond acceptors (Lipinski definition) is 2. The molecule has 0 aliphatic heterocycles. The van der Waals surface area contributed by atoms with Crippen LogP contribution < -0.4 is 4.90 Å². The lowest BCUT2D eigenvalue weighted by Gasteiger charge is -2.27. The van der Waals surface area contributed by atoms with Gasteiger partial charge in [-0.05, 0) is 108 Å². The second-order valence-electron chi connectivity index (χ2n) is 16.5. The highest BCUT2D eigenvalue weighted by molar-refractivity contribution is 7.26. The summed E-state index contributed by atoms with van der Waals surface area (Å²) in [4.78, 5) is 2.45. The van der Waals surface area contributed by atoms with Crippen LogP contribution >= 0.6 is 11.3 Å². The normalized spacial score (nSPS) is 11.8. The second-order valence-corrected chi connectivity index (χ2v) is 17.6. The van der Waals surface area contributed by atoms with Crippen LogP contribution in [0.15, 0.2) is 237 Å². The molecule has 3 aromatic heterocycles. The molecule has 0 atom stereocenters. The summed E-state index contributed by atoms with van der Waals surface area (Å²) in [5.74, 6) is 0. The van der Waals surface area contributed by atoms with Gasteiger partial charge < -0.3 is 14.0 Å². The SMILES string of the molecule is c1ccc(-c2cc(N(c3ccc(-c4ccc5c(c4)c4ccccc4n5-c4ccccc4)cc3)c3ccc4c5ccccc5n(-c5ccccc5)c4c3)cc3c2sc2ccccc23)cc1.